The predicted octanol–water partition coefficient (Wildman–Crippen LogP) is 4.06. The van der Waals surface area contributed by atoms with Gasteiger partial charge >= 0.3 is 11.9 Å². The van der Waals surface area contributed by atoms with Gasteiger partial charge in [-0.3, -0.25) is 28.9 Å². The Hall–Kier alpha value is -5.72. The van der Waals surface area contributed by atoms with Crippen molar-refractivity contribution in [1.29, 1.82) is 0 Å². The SMILES string of the molecule is COc1cc2oc3c(c(=O)c2cc1OC)C(=O)c1c(ccc2cc4c(c(O)c12)C(=O)N1C(COC(=O)CC(C)C)(C4)OC(=O)C1(C)C)C3=O. The van der Waals surface area contributed by atoms with Crippen molar-refractivity contribution in [3.05, 3.63) is 74.1 Å². The average molecular weight is 670 g/mol. The zero-order valence-electron chi connectivity index (χ0n) is 27.5. The molecule has 1 saturated heterocycles. The predicted molar refractivity (Wildman–Crippen MR) is 171 cm³/mol. The standard InChI is InChI=1S/C36H31NO12/c1-15(2)9-23(38)47-14-36-13-17-10-16-7-8-18-26(24(16)30(41)25(17)33(43)37(36)35(3,4)34(44)49-36)31(42)27-28(39)19-11-21(45-5)22(46-6)12-20(19)48-32(27)29(18)40/h7-8,10-12,15,41H,9,13-14H2,1-6H3. The van der Waals surface area contributed by atoms with E-state index in [0.29, 0.717) is 0 Å². The van der Waals surface area contributed by atoms with Gasteiger partial charge in [0.25, 0.3) is 5.91 Å². The quantitative estimate of drug-likeness (QED) is 0.257. The third kappa shape index (κ3) is 4.37. The Morgan fingerprint density at radius 1 is 0.959 bits per heavy atom. The van der Waals surface area contributed by atoms with Crippen LogP contribution in [0.4, 0.5) is 0 Å². The van der Waals surface area contributed by atoms with E-state index in [9.17, 15) is 33.9 Å². The van der Waals surface area contributed by atoms with Crippen LogP contribution in [0.1, 0.15) is 82.1 Å². The van der Waals surface area contributed by atoms with Crippen molar-refractivity contribution in [3.63, 3.8) is 0 Å². The number of aromatic hydroxyl groups is 1. The summed E-state index contributed by atoms with van der Waals surface area (Å²) >= 11 is 0. The number of carbonyl (C=O) groups is 5. The molecule has 2 aliphatic heterocycles. The molecule has 1 fully saturated rings. The molecule has 1 aliphatic carbocycles. The number of benzene rings is 3. The molecule has 0 radical (unpaired) electrons. The van der Waals surface area contributed by atoms with Gasteiger partial charge in [0.05, 0.1) is 25.2 Å². The number of methoxy groups -OCH3 is 2. The molecule has 3 aromatic carbocycles. The Kier molecular flexibility index (Phi) is 6.92. The van der Waals surface area contributed by atoms with Gasteiger partial charge in [-0.1, -0.05) is 19.9 Å². The molecule has 1 N–H and O–H groups in total. The molecule has 3 heterocycles. The van der Waals surface area contributed by atoms with Crippen LogP contribution in [0, 0.1) is 5.92 Å². The van der Waals surface area contributed by atoms with Crippen molar-refractivity contribution in [1.82, 2.24) is 4.90 Å². The lowest BCUT2D eigenvalue weighted by molar-refractivity contribution is -0.172. The molecule has 0 spiro atoms. The van der Waals surface area contributed by atoms with Crippen LogP contribution >= 0.6 is 0 Å². The van der Waals surface area contributed by atoms with Crippen LogP contribution in [0.3, 0.4) is 0 Å². The highest BCUT2D eigenvalue weighted by Gasteiger charge is 2.64. The monoisotopic (exact) mass is 669 g/mol. The third-order valence-corrected chi connectivity index (χ3v) is 9.33. The van der Waals surface area contributed by atoms with Gasteiger partial charge in [-0.2, -0.15) is 0 Å². The van der Waals surface area contributed by atoms with E-state index in [-0.39, 0.29) is 74.3 Å². The highest BCUT2D eigenvalue weighted by atomic mass is 16.6. The summed E-state index contributed by atoms with van der Waals surface area (Å²) in [4.78, 5) is 83.0. The van der Waals surface area contributed by atoms with Gasteiger partial charge < -0.3 is 28.5 Å². The molecule has 49 heavy (non-hydrogen) atoms. The van der Waals surface area contributed by atoms with E-state index in [1.165, 1.54) is 52.3 Å². The molecular weight excluding hydrogens is 638 g/mol. The molecular formula is C36H31NO12. The second kappa shape index (κ2) is 10.6. The molecule has 3 aliphatic rings. The maximum absolute atomic E-state index is 14.3. The van der Waals surface area contributed by atoms with E-state index in [1.807, 2.05) is 13.8 Å². The molecule has 7 rings (SSSR count). The van der Waals surface area contributed by atoms with Gasteiger partial charge in [0, 0.05) is 35.4 Å². The average Bonchev–Trinajstić information content (AvgIpc) is 3.25. The summed E-state index contributed by atoms with van der Waals surface area (Å²) in [5, 5.41) is 12.0. The van der Waals surface area contributed by atoms with Crippen LogP contribution in [-0.2, 0) is 25.5 Å². The molecule has 13 heteroatoms. The van der Waals surface area contributed by atoms with E-state index >= 15 is 0 Å². The number of fused-ring (bicyclic) bond motifs is 7. The van der Waals surface area contributed by atoms with Crippen LogP contribution in [0.15, 0.2) is 39.5 Å². The topological polar surface area (TPSA) is 176 Å². The number of esters is 2. The Labute approximate surface area is 278 Å². The molecule has 1 amide bonds. The molecule has 1 atom stereocenters. The second-order valence-corrected chi connectivity index (χ2v) is 13.3. The first-order chi connectivity index (χ1) is 23.1. The summed E-state index contributed by atoms with van der Waals surface area (Å²) in [7, 11) is 2.77. The minimum absolute atomic E-state index is 0.00216. The molecule has 0 saturated carbocycles. The van der Waals surface area contributed by atoms with Crippen molar-refractivity contribution in [2.75, 3.05) is 20.8 Å². The van der Waals surface area contributed by atoms with E-state index in [0.717, 1.165) is 4.90 Å². The van der Waals surface area contributed by atoms with Gasteiger partial charge in [0.1, 0.15) is 22.4 Å². The molecule has 4 aromatic rings. The number of hydrogen-bond donors (Lipinski definition) is 1. The van der Waals surface area contributed by atoms with Crippen LogP contribution < -0.4 is 14.9 Å². The first kappa shape index (κ1) is 31.9. The van der Waals surface area contributed by atoms with Gasteiger partial charge in [0.2, 0.25) is 22.7 Å². The Balaban J connectivity index is 1.41. The minimum atomic E-state index is -1.69. The number of phenols is 1. The number of phenolic OH excluding ortho intramolecular Hbond substituents is 1. The Morgan fingerprint density at radius 3 is 2.33 bits per heavy atom. The summed E-state index contributed by atoms with van der Waals surface area (Å²) in [6.45, 7) is 6.20. The van der Waals surface area contributed by atoms with Crippen molar-refractivity contribution < 1.29 is 52.4 Å². The smallest absolute Gasteiger partial charge is 0.333 e. The number of ether oxygens (including phenoxy) is 4. The van der Waals surface area contributed by atoms with Gasteiger partial charge in [-0.25, -0.2) is 4.79 Å². The maximum Gasteiger partial charge on any atom is 0.333 e. The lowest BCUT2D eigenvalue weighted by Gasteiger charge is -2.43. The number of rotatable bonds is 6. The van der Waals surface area contributed by atoms with Gasteiger partial charge in [-0.05, 0) is 48.9 Å². The summed E-state index contributed by atoms with van der Waals surface area (Å²) in [6.07, 6.45) is -0.0321. The van der Waals surface area contributed by atoms with Crippen molar-refractivity contribution in [2.24, 2.45) is 5.92 Å². The highest BCUT2D eigenvalue weighted by Crippen LogP contribution is 2.49. The number of carbonyl (C=O) groups excluding carboxylic acids is 5. The van der Waals surface area contributed by atoms with E-state index < -0.39 is 69.8 Å². The van der Waals surface area contributed by atoms with Crippen molar-refractivity contribution >= 4 is 51.2 Å². The highest BCUT2D eigenvalue weighted by molar-refractivity contribution is 6.32. The van der Waals surface area contributed by atoms with Crippen molar-refractivity contribution in [3.8, 4) is 17.2 Å². The Bertz CT molecular complexity index is 2280. The van der Waals surface area contributed by atoms with Crippen LogP contribution in [-0.4, -0.2) is 71.5 Å². The van der Waals surface area contributed by atoms with E-state index in [1.54, 1.807) is 6.07 Å². The fourth-order valence-corrected chi connectivity index (χ4v) is 7.11. The fraction of sp³-hybridized carbons (Fsp3) is 0.333. The number of hydrogen-bond acceptors (Lipinski definition) is 12. The van der Waals surface area contributed by atoms with Gasteiger partial charge in [0.15, 0.2) is 23.9 Å². The summed E-state index contributed by atoms with van der Waals surface area (Å²) in [6, 6.07) is 7.15. The largest absolute Gasteiger partial charge is 0.506 e. The number of amides is 1. The summed E-state index contributed by atoms with van der Waals surface area (Å²) in [5.41, 5.74) is -4.92. The second-order valence-electron chi connectivity index (χ2n) is 13.3. The van der Waals surface area contributed by atoms with Gasteiger partial charge in [-0.15, -0.1) is 0 Å². The van der Waals surface area contributed by atoms with E-state index in [4.69, 9.17) is 23.4 Å². The Morgan fingerprint density at radius 2 is 1.65 bits per heavy atom. The maximum atomic E-state index is 14.3. The van der Waals surface area contributed by atoms with Crippen LogP contribution in [0.5, 0.6) is 17.2 Å². The van der Waals surface area contributed by atoms with Crippen LogP contribution in [0.25, 0.3) is 21.7 Å². The lowest BCUT2D eigenvalue weighted by Crippen LogP contribution is -2.61. The fourth-order valence-electron chi connectivity index (χ4n) is 7.11. The van der Waals surface area contributed by atoms with Crippen molar-refractivity contribution in [2.45, 2.75) is 51.8 Å². The first-order valence-corrected chi connectivity index (χ1v) is 15.5. The molecule has 0 bridgehead atoms. The van der Waals surface area contributed by atoms with Crippen LogP contribution in [0.2, 0.25) is 0 Å². The summed E-state index contributed by atoms with van der Waals surface area (Å²) in [5.74, 6) is -4.38. The molecule has 1 aromatic heterocycles. The third-order valence-electron chi connectivity index (χ3n) is 9.33. The molecule has 252 valence electrons. The normalized spacial score (nSPS) is 19.0. The zero-order chi connectivity index (χ0) is 35.3. The lowest BCUT2D eigenvalue weighted by atomic mass is 9.80. The zero-order valence-corrected chi connectivity index (χ0v) is 27.5. The number of ketones is 2. The van der Waals surface area contributed by atoms with E-state index in [2.05, 4.69) is 0 Å². The summed E-state index contributed by atoms with van der Waals surface area (Å²) < 4.78 is 27.7. The molecule has 1 unspecified atom stereocenters. The molecule has 13 nitrogen and oxygen atoms in total. The minimum Gasteiger partial charge on any atom is -0.506 e. The first-order valence-electron chi connectivity index (χ1n) is 15.5. The number of nitrogens with zero attached hydrogens (tertiary/aromatic N) is 1.